The van der Waals surface area contributed by atoms with Crippen molar-refractivity contribution in [2.45, 2.75) is 19.1 Å². The zero-order chi connectivity index (χ0) is 13.9. The fourth-order valence-corrected chi connectivity index (χ4v) is 1.78. The maximum Gasteiger partial charge on any atom is 0.328 e. The Morgan fingerprint density at radius 2 is 1.94 bits per heavy atom. The van der Waals surface area contributed by atoms with Gasteiger partial charge in [0.1, 0.15) is 0 Å². The number of carbonyl (C=O) groups is 2. The summed E-state index contributed by atoms with van der Waals surface area (Å²) in [7, 11) is 0. The molecule has 0 bridgehead atoms. The smallest absolute Gasteiger partial charge is 0.328 e. The third kappa shape index (κ3) is 3.60. The fourth-order valence-electron chi connectivity index (χ4n) is 1.28. The number of hydrogen-bond donors (Lipinski definition) is 3. The highest BCUT2D eigenvalue weighted by Crippen LogP contribution is 2.21. The first-order valence-electron chi connectivity index (χ1n) is 4.99. The van der Waals surface area contributed by atoms with Crippen molar-refractivity contribution in [3.63, 3.8) is 0 Å². The number of carbonyl (C=O) groups excluding carboxylic acids is 1. The Kier molecular flexibility index (Phi) is 4.95. The molecule has 1 aromatic rings. The molecule has 0 radical (unpaired) electrons. The molecular weight excluding hydrogens is 281 g/mol. The summed E-state index contributed by atoms with van der Waals surface area (Å²) in [6, 6.07) is 2.81. The first kappa shape index (κ1) is 14.8. The number of amides is 1. The largest absolute Gasteiger partial charge is 0.480 e. The zero-order valence-corrected chi connectivity index (χ0v) is 10.9. The second kappa shape index (κ2) is 6.04. The summed E-state index contributed by atoms with van der Waals surface area (Å²) in [5.74, 6) is -2.02. The highest BCUT2D eigenvalue weighted by atomic mass is 35.5. The summed E-state index contributed by atoms with van der Waals surface area (Å²) in [6.45, 7) is 1.27. The van der Waals surface area contributed by atoms with E-state index in [9.17, 15) is 14.7 Å². The molecule has 0 saturated carbocycles. The number of aliphatic hydroxyl groups is 1. The minimum absolute atomic E-state index is 0.0907. The molecule has 0 aliphatic heterocycles. The third-order valence-electron chi connectivity index (χ3n) is 2.21. The molecule has 0 aromatic heterocycles. The SMILES string of the molecule is CC(O)C(NC(=O)c1ccc(Cl)cc1Cl)C(=O)O. The number of aliphatic hydroxyl groups excluding tert-OH is 1. The van der Waals surface area contributed by atoms with Crippen molar-refractivity contribution >= 4 is 35.1 Å². The number of benzene rings is 1. The lowest BCUT2D eigenvalue weighted by Gasteiger charge is -2.17. The molecule has 7 heteroatoms. The first-order chi connectivity index (χ1) is 8.32. The number of carboxylic acid groups (broad SMARTS) is 1. The zero-order valence-electron chi connectivity index (χ0n) is 9.35. The molecule has 1 amide bonds. The Balaban J connectivity index is 2.91. The van der Waals surface area contributed by atoms with Gasteiger partial charge in [-0.05, 0) is 25.1 Å². The number of rotatable bonds is 4. The average molecular weight is 292 g/mol. The van der Waals surface area contributed by atoms with Crippen LogP contribution in [-0.2, 0) is 4.79 Å². The van der Waals surface area contributed by atoms with Gasteiger partial charge in [-0.3, -0.25) is 4.79 Å². The first-order valence-corrected chi connectivity index (χ1v) is 5.75. The molecule has 0 spiro atoms. The van der Waals surface area contributed by atoms with E-state index in [1.54, 1.807) is 0 Å². The van der Waals surface area contributed by atoms with Crippen molar-refractivity contribution in [1.29, 1.82) is 0 Å². The summed E-state index contributed by atoms with van der Waals surface area (Å²) in [6.07, 6.45) is -1.22. The maximum absolute atomic E-state index is 11.8. The molecule has 98 valence electrons. The summed E-state index contributed by atoms with van der Waals surface area (Å²) in [5, 5.41) is 20.7. The van der Waals surface area contributed by atoms with Gasteiger partial charge in [-0.2, -0.15) is 0 Å². The number of nitrogens with one attached hydrogen (secondary N) is 1. The van der Waals surface area contributed by atoms with Gasteiger partial charge in [0, 0.05) is 5.02 Å². The molecule has 0 heterocycles. The third-order valence-corrected chi connectivity index (χ3v) is 2.76. The predicted molar refractivity (Wildman–Crippen MR) is 67.0 cm³/mol. The van der Waals surface area contributed by atoms with Crippen LogP contribution in [0, 0.1) is 0 Å². The van der Waals surface area contributed by atoms with Gasteiger partial charge in [0.25, 0.3) is 5.91 Å². The minimum Gasteiger partial charge on any atom is -0.480 e. The van der Waals surface area contributed by atoms with Gasteiger partial charge in [-0.1, -0.05) is 23.2 Å². The van der Waals surface area contributed by atoms with Crippen LogP contribution in [-0.4, -0.2) is 34.2 Å². The van der Waals surface area contributed by atoms with Gasteiger partial charge in [-0.15, -0.1) is 0 Å². The van der Waals surface area contributed by atoms with Crippen molar-refractivity contribution in [2.75, 3.05) is 0 Å². The Bertz CT molecular complexity index is 476. The molecule has 3 N–H and O–H groups in total. The number of hydrogen-bond acceptors (Lipinski definition) is 3. The predicted octanol–water partition coefficient (Wildman–Crippen LogP) is 1.56. The summed E-state index contributed by atoms with van der Waals surface area (Å²) < 4.78 is 0. The van der Waals surface area contributed by atoms with Crippen molar-refractivity contribution in [3.8, 4) is 0 Å². The van der Waals surface area contributed by atoms with E-state index in [1.165, 1.54) is 25.1 Å². The molecule has 1 rings (SSSR count). The van der Waals surface area contributed by atoms with Crippen molar-refractivity contribution in [2.24, 2.45) is 0 Å². The van der Waals surface area contributed by atoms with E-state index < -0.39 is 24.0 Å². The van der Waals surface area contributed by atoms with Crippen LogP contribution in [0.3, 0.4) is 0 Å². The lowest BCUT2D eigenvalue weighted by molar-refractivity contribution is -0.141. The lowest BCUT2D eigenvalue weighted by atomic mass is 10.1. The average Bonchev–Trinajstić information content (AvgIpc) is 2.24. The van der Waals surface area contributed by atoms with Crippen LogP contribution in [0.4, 0.5) is 0 Å². The van der Waals surface area contributed by atoms with Gasteiger partial charge in [0.05, 0.1) is 16.7 Å². The molecule has 2 atom stereocenters. The number of carboxylic acids is 1. The fraction of sp³-hybridized carbons (Fsp3) is 0.273. The Labute approximate surface area is 113 Å². The molecule has 18 heavy (non-hydrogen) atoms. The molecule has 5 nitrogen and oxygen atoms in total. The van der Waals surface area contributed by atoms with Crippen LogP contribution < -0.4 is 5.32 Å². The van der Waals surface area contributed by atoms with Crippen molar-refractivity contribution in [3.05, 3.63) is 33.8 Å². The second-order valence-electron chi connectivity index (χ2n) is 3.65. The van der Waals surface area contributed by atoms with Crippen LogP contribution in [0.2, 0.25) is 10.0 Å². The van der Waals surface area contributed by atoms with E-state index in [4.69, 9.17) is 28.3 Å². The topological polar surface area (TPSA) is 86.6 Å². The van der Waals surface area contributed by atoms with Crippen LogP contribution in [0.1, 0.15) is 17.3 Å². The summed E-state index contributed by atoms with van der Waals surface area (Å²) >= 11 is 11.5. The number of aliphatic carboxylic acids is 1. The highest BCUT2D eigenvalue weighted by Gasteiger charge is 2.26. The highest BCUT2D eigenvalue weighted by molar-refractivity contribution is 6.36. The number of halogens is 2. The Morgan fingerprint density at radius 3 is 2.39 bits per heavy atom. The Morgan fingerprint density at radius 1 is 1.33 bits per heavy atom. The van der Waals surface area contributed by atoms with E-state index in [-0.39, 0.29) is 10.6 Å². The van der Waals surface area contributed by atoms with Gasteiger partial charge in [0.15, 0.2) is 6.04 Å². The van der Waals surface area contributed by atoms with E-state index in [0.29, 0.717) is 5.02 Å². The minimum atomic E-state index is -1.40. The van der Waals surface area contributed by atoms with E-state index in [1.807, 2.05) is 0 Å². The molecule has 1 aromatic carbocycles. The van der Waals surface area contributed by atoms with Gasteiger partial charge in [0.2, 0.25) is 0 Å². The molecular formula is C11H11Cl2NO4. The monoisotopic (exact) mass is 291 g/mol. The van der Waals surface area contributed by atoms with E-state index in [0.717, 1.165) is 0 Å². The molecule has 0 aliphatic carbocycles. The second-order valence-corrected chi connectivity index (χ2v) is 4.50. The standard InChI is InChI=1S/C11H11Cl2NO4/c1-5(15)9(11(17)18)14-10(16)7-3-2-6(12)4-8(7)13/h2-5,9,15H,1H3,(H,14,16)(H,17,18). The van der Waals surface area contributed by atoms with Crippen LogP contribution >= 0.6 is 23.2 Å². The summed E-state index contributed by atoms with van der Waals surface area (Å²) in [4.78, 5) is 22.6. The Hall–Kier alpha value is -1.30. The van der Waals surface area contributed by atoms with Gasteiger partial charge >= 0.3 is 5.97 Å². The van der Waals surface area contributed by atoms with Crippen LogP contribution in [0.15, 0.2) is 18.2 Å². The van der Waals surface area contributed by atoms with E-state index in [2.05, 4.69) is 5.32 Å². The quantitative estimate of drug-likeness (QED) is 0.786. The lowest BCUT2D eigenvalue weighted by Crippen LogP contribution is -2.47. The normalized spacial score (nSPS) is 13.8. The van der Waals surface area contributed by atoms with Crippen LogP contribution in [0.25, 0.3) is 0 Å². The van der Waals surface area contributed by atoms with E-state index >= 15 is 0 Å². The maximum atomic E-state index is 11.8. The molecule has 0 fully saturated rings. The molecule has 2 unspecified atom stereocenters. The molecule has 0 aliphatic rings. The van der Waals surface area contributed by atoms with Crippen molar-refractivity contribution < 1.29 is 19.8 Å². The van der Waals surface area contributed by atoms with Gasteiger partial charge in [-0.25, -0.2) is 4.79 Å². The van der Waals surface area contributed by atoms with Gasteiger partial charge < -0.3 is 15.5 Å². The molecule has 0 saturated heterocycles. The van der Waals surface area contributed by atoms with Crippen molar-refractivity contribution in [1.82, 2.24) is 5.32 Å². The summed E-state index contributed by atoms with van der Waals surface area (Å²) in [5.41, 5.74) is 0.0907. The van der Waals surface area contributed by atoms with Crippen LogP contribution in [0.5, 0.6) is 0 Å².